The Hall–Kier alpha value is -2.53. The topological polar surface area (TPSA) is 50.8 Å². The van der Waals surface area contributed by atoms with Crippen LogP contribution in [0, 0.1) is 0 Å². The maximum atomic E-state index is 12.1. The van der Waals surface area contributed by atoms with E-state index in [4.69, 9.17) is 9.47 Å². The standard InChI is InChI=1S/C19H22N2O3/c1-23-18-12-6-5-10-16(18)17-11-7-13-21(17)20-19(22)24-14-15-8-3-2-4-9-15/h2-6,8-10,12,17H,7,11,13-14H2,1H3,(H,20,22). The van der Waals surface area contributed by atoms with Gasteiger partial charge in [0.25, 0.3) is 0 Å². The largest absolute Gasteiger partial charge is 0.496 e. The van der Waals surface area contributed by atoms with Crippen LogP contribution in [0.5, 0.6) is 5.75 Å². The first kappa shape index (κ1) is 16.3. The quantitative estimate of drug-likeness (QED) is 0.911. The molecule has 0 bridgehead atoms. The summed E-state index contributed by atoms with van der Waals surface area (Å²) in [6, 6.07) is 17.7. The van der Waals surface area contributed by atoms with Gasteiger partial charge >= 0.3 is 6.09 Å². The highest BCUT2D eigenvalue weighted by atomic mass is 16.6. The van der Waals surface area contributed by atoms with Gasteiger partial charge in [0, 0.05) is 12.1 Å². The first-order chi connectivity index (χ1) is 11.8. The summed E-state index contributed by atoms with van der Waals surface area (Å²) in [5, 5.41) is 1.94. The Bertz CT molecular complexity index is 675. The van der Waals surface area contributed by atoms with Gasteiger partial charge in [-0.25, -0.2) is 9.80 Å². The molecule has 5 heteroatoms. The van der Waals surface area contributed by atoms with E-state index in [0.29, 0.717) is 0 Å². The van der Waals surface area contributed by atoms with Gasteiger partial charge < -0.3 is 9.47 Å². The summed E-state index contributed by atoms with van der Waals surface area (Å²) in [5.41, 5.74) is 4.92. The minimum Gasteiger partial charge on any atom is -0.496 e. The number of carbonyl (C=O) groups excluding carboxylic acids is 1. The molecule has 1 atom stereocenters. The zero-order valence-corrected chi connectivity index (χ0v) is 13.8. The second-order valence-corrected chi connectivity index (χ2v) is 5.77. The minimum atomic E-state index is -0.430. The molecule has 2 aromatic rings. The van der Waals surface area contributed by atoms with E-state index >= 15 is 0 Å². The van der Waals surface area contributed by atoms with Gasteiger partial charge in [-0.2, -0.15) is 0 Å². The number of amides is 1. The first-order valence-electron chi connectivity index (χ1n) is 8.15. The van der Waals surface area contributed by atoms with Crippen LogP contribution in [-0.4, -0.2) is 24.8 Å². The highest BCUT2D eigenvalue weighted by molar-refractivity contribution is 5.66. The van der Waals surface area contributed by atoms with Crippen molar-refractivity contribution in [3.05, 3.63) is 65.7 Å². The number of hydrogen-bond acceptors (Lipinski definition) is 4. The van der Waals surface area contributed by atoms with Gasteiger partial charge in [-0.15, -0.1) is 0 Å². The van der Waals surface area contributed by atoms with Crippen LogP contribution in [0.15, 0.2) is 54.6 Å². The van der Waals surface area contributed by atoms with Crippen molar-refractivity contribution in [2.24, 2.45) is 0 Å². The van der Waals surface area contributed by atoms with E-state index in [-0.39, 0.29) is 12.6 Å². The molecule has 1 aliphatic heterocycles. The normalized spacial score (nSPS) is 17.5. The number of nitrogens with zero attached hydrogens (tertiary/aromatic N) is 1. The number of benzene rings is 2. The van der Waals surface area contributed by atoms with E-state index in [0.717, 1.165) is 36.3 Å². The molecule has 0 aromatic heterocycles. The highest BCUT2D eigenvalue weighted by Gasteiger charge is 2.29. The van der Waals surface area contributed by atoms with E-state index in [1.165, 1.54) is 0 Å². The van der Waals surface area contributed by atoms with Gasteiger partial charge in [0.2, 0.25) is 0 Å². The van der Waals surface area contributed by atoms with Crippen LogP contribution in [0.25, 0.3) is 0 Å². The Labute approximate surface area is 142 Å². The Kier molecular flexibility index (Phi) is 5.33. The van der Waals surface area contributed by atoms with E-state index in [1.54, 1.807) is 7.11 Å². The third kappa shape index (κ3) is 3.86. The molecule has 1 heterocycles. The predicted molar refractivity (Wildman–Crippen MR) is 91.4 cm³/mol. The van der Waals surface area contributed by atoms with E-state index < -0.39 is 6.09 Å². The maximum absolute atomic E-state index is 12.1. The molecule has 1 N–H and O–H groups in total. The molecular formula is C19H22N2O3. The lowest BCUT2D eigenvalue weighted by Gasteiger charge is -2.26. The van der Waals surface area contributed by atoms with Crippen LogP contribution in [0.3, 0.4) is 0 Å². The molecular weight excluding hydrogens is 304 g/mol. The number of hydrazine groups is 1. The van der Waals surface area contributed by atoms with Gasteiger partial charge in [-0.1, -0.05) is 48.5 Å². The smallest absolute Gasteiger partial charge is 0.422 e. The number of hydrogen-bond donors (Lipinski definition) is 1. The van der Waals surface area contributed by atoms with Crippen LogP contribution < -0.4 is 10.2 Å². The SMILES string of the molecule is COc1ccccc1C1CCCN1NC(=O)OCc1ccccc1. The van der Waals surface area contributed by atoms with Crippen molar-refractivity contribution in [3.8, 4) is 5.75 Å². The fourth-order valence-corrected chi connectivity index (χ4v) is 3.04. The molecule has 1 fully saturated rings. The monoisotopic (exact) mass is 326 g/mol. The molecule has 24 heavy (non-hydrogen) atoms. The van der Waals surface area contributed by atoms with E-state index in [1.807, 2.05) is 59.6 Å². The van der Waals surface area contributed by atoms with Gasteiger partial charge in [0.15, 0.2) is 0 Å². The van der Waals surface area contributed by atoms with Crippen molar-refractivity contribution < 1.29 is 14.3 Å². The third-order valence-electron chi connectivity index (χ3n) is 4.20. The average Bonchev–Trinajstić information content (AvgIpc) is 3.08. The number of rotatable bonds is 5. The Balaban J connectivity index is 1.60. The number of nitrogens with one attached hydrogen (secondary N) is 1. The number of methoxy groups -OCH3 is 1. The molecule has 1 aliphatic rings. The van der Waals surface area contributed by atoms with Gasteiger partial charge in [0.05, 0.1) is 13.2 Å². The van der Waals surface area contributed by atoms with Crippen LogP contribution in [0.4, 0.5) is 4.79 Å². The van der Waals surface area contributed by atoms with Crippen molar-refractivity contribution in [3.63, 3.8) is 0 Å². The van der Waals surface area contributed by atoms with Crippen molar-refractivity contribution in [1.29, 1.82) is 0 Å². The molecule has 1 amide bonds. The summed E-state index contributed by atoms with van der Waals surface area (Å²) in [6.07, 6.45) is 1.56. The summed E-state index contributed by atoms with van der Waals surface area (Å²) in [5.74, 6) is 0.842. The minimum absolute atomic E-state index is 0.102. The predicted octanol–water partition coefficient (Wildman–Crippen LogP) is 3.67. The maximum Gasteiger partial charge on any atom is 0.422 e. The lowest BCUT2D eigenvalue weighted by Crippen LogP contribution is -2.41. The van der Waals surface area contributed by atoms with Crippen molar-refractivity contribution in [1.82, 2.24) is 10.4 Å². The number of ether oxygens (including phenoxy) is 2. The molecule has 5 nitrogen and oxygen atoms in total. The second kappa shape index (κ2) is 7.84. The van der Waals surface area contributed by atoms with Crippen molar-refractivity contribution >= 4 is 6.09 Å². The zero-order chi connectivity index (χ0) is 16.8. The van der Waals surface area contributed by atoms with Crippen LogP contribution in [0.1, 0.15) is 30.0 Å². The zero-order valence-electron chi connectivity index (χ0n) is 13.8. The van der Waals surface area contributed by atoms with Crippen LogP contribution in [-0.2, 0) is 11.3 Å². The molecule has 3 rings (SSSR count). The van der Waals surface area contributed by atoms with Gasteiger partial charge in [-0.05, 0) is 24.5 Å². The molecule has 2 aromatic carbocycles. The molecule has 0 spiro atoms. The van der Waals surface area contributed by atoms with Crippen LogP contribution in [0.2, 0.25) is 0 Å². The fraction of sp³-hybridized carbons (Fsp3) is 0.316. The second-order valence-electron chi connectivity index (χ2n) is 5.77. The highest BCUT2D eigenvalue weighted by Crippen LogP contribution is 2.35. The average molecular weight is 326 g/mol. The Morgan fingerprint density at radius 3 is 2.71 bits per heavy atom. The summed E-state index contributed by atoms with van der Waals surface area (Å²) < 4.78 is 10.8. The molecule has 1 unspecified atom stereocenters. The summed E-state index contributed by atoms with van der Waals surface area (Å²) in [7, 11) is 1.67. The first-order valence-corrected chi connectivity index (χ1v) is 8.15. The summed E-state index contributed by atoms with van der Waals surface area (Å²) in [6.45, 7) is 1.06. The molecule has 126 valence electrons. The summed E-state index contributed by atoms with van der Waals surface area (Å²) in [4.78, 5) is 12.1. The van der Waals surface area contributed by atoms with Crippen molar-refractivity contribution in [2.75, 3.05) is 13.7 Å². The van der Waals surface area contributed by atoms with Crippen LogP contribution >= 0.6 is 0 Å². The molecule has 1 saturated heterocycles. The van der Waals surface area contributed by atoms with E-state index in [2.05, 4.69) is 5.43 Å². The Morgan fingerprint density at radius 2 is 1.92 bits per heavy atom. The van der Waals surface area contributed by atoms with E-state index in [9.17, 15) is 4.79 Å². The van der Waals surface area contributed by atoms with Gasteiger partial charge in [0.1, 0.15) is 12.4 Å². The third-order valence-corrected chi connectivity index (χ3v) is 4.20. The lowest BCUT2D eigenvalue weighted by atomic mass is 10.0. The molecule has 0 radical (unpaired) electrons. The van der Waals surface area contributed by atoms with Crippen molar-refractivity contribution in [2.45, 2.75) is 25.5 Å². The lowest BCUT2D eigenvalue weighted by molar-refractivity contribution is 0.0937. The number of para-hydroxylation sites is 1. The summed E-state index contributed by atoms with van der Waals surface area (Å²) >= 11 is 0. The van der Waals surface area contributed by atoms with Gasteiger partial charge in [-0.3, -0.25) is 5.43 Å². The molecule has 0 aliphatic carbocycles. The fourth-order valence-electron chi connectivity index (χ4n) is 3.04. The Morgan fingerprint density at radius 1 is 1.17 bits per heavy atom. The molecule has 0 saturated carbocycles. The number of carbonyl (C=O) groups is 1.